The summed E-state index contributed by atoms with van der Waals surface area (Å²) in [7, 11) is 1.67. The summed E-state index contributed by atoms with van der Waals surface area (Å²) in [6, 6.07) is 2.53. The molecule has 7 heteroatoms. The molecule has 2 fully saturated rings. The Kier molecular flexibility index (Phi) is 7.33. The number of aliphatic hydroxyl groups excluding tert-OH is 2. The van der Waals surface area contributed by atoms with Gasteiger partial charge in [0.25, 0.3) is 0 Å². The summed E-state index contributed by atoms with van der Waals surface area (Å²) in [6.07, 6.45) is 5.39. The Hall–Kier alpha value is -1.12. The zero-order valence-electron chi connectivity index (χ0n) is 15.5. The Morgan fingerprint density at radius 2 is 2.12 bits per heavy atom. The molecule has 1 aromatic rings. The monoisotopic (exact) mass is 365 g/mol. The molecular weight excluding hydrogens is 334 g/mol. The first-order chi connectivity index (χ1) is 12.7. The minimum atomic E-state index is -0.475. The van der Waals surface area contributed by atoms with Gasteiger partial charge in [-0.2, -0.15) is 0 Å². The highest BCUT2D eigenvalue weighted by atomic mass is 16.5. The number of nitrogens with one attached hydrogen (secondary N) is 1. The van der Waals surface area contributed by atoms with E-state index in [0.29, 0.717) is 25.5 Å². The van der Waals surface area contributed by atoms with Crippen molar-refractivity contribution in [2.75, 3.05) is 33.5 Å². The van der Waals surface area contributed by atoms with Crippen molar-refractivity contribution in [1.82, 2.24) is 15.3 Å². The van der Waals surface area contributed by atoms with Crippen LogP contribution in [0.1, 0.15) is 30.8 Å². The quantitative estimate of drug-likeness (QED) is 0.611. The number of hydrogen-bond donors (Lipinski definition) is 3. The lowest BCUT2D eigenvalue weighted by Gasteiger charge is -2.31. The van der Waals surface area contributed by atoms with Crippen LogP contribution in [0.25, 0.3) is 0 Å². The molecule has 0 unspecified atom stereocenters. The summed E-state index contributed by atoms with van der Waals surface area (Å²) in [5, 5.41) is 24.0. The van der Waals surface area contributed by atoms with E-state index in [1.165, 1.54) is 0 Å². The average Bonchev–Trinajstić information content (AvgIpc) is 2.95. The van der Waals surface area contributed by atoms with Crippen LogP contribution in [0.15, 0.2) is 12.3 Å². The maximum Gasteiger partial charge on any atom is 0.130 e. The van der Waals surface area contributed by atoms with Crippen molar-refractivity contribution in [3.05, 3.63) is 23.8 Å². The van der Waals surface area contributed by atoms with E-state index in [-0.39, 0.29) is 24.5 Å². The number of hydrogen-bond acceptors (Lipinski definition) is 7. The van der Waals surface area contributed by atoms with E-state index >= 15 is 0 Å². The lowest BCUT2D eigenvalue weighted by Crippen LogP contribution is -2.44. The van der Waals surface area contributed by atoms with E-state index < -0.39 is 6.10 Å². The largest absolute Gasteiger partial charge is 0.396 e. The smallest absolute Gasteiger partial charge is 0.130 e. The first-order valence-electron chi connectivity index (χ1n) is 9.63. The molecule has 146 valence electrons. The van der Waals surface area contributed by atoms with Crippen molar-refractivity contribution in [3.8, 4) is 0 Å². The third-order valence-electron chi connectivity index (χ3n) is 5.68. The van der Waals surface area contributed by atoms with Gasteiger partial charge >= 0.3 is 0 Å². The molecule has 3 N–H and O–H groups in total. The van der Waals surface area contributed by atoms with Crippen LogP contribution < -0.4 is 5.32 Å². The van der Waals surface area contributed by atoms with E-state index in [1.807, 2.05) is 6.07 Å². The Bertz CT molecular complexity index is 553. The minimum Gasteiger partial charge on any atom is -0.396 e. The van der Waals surface area contributed by atoms with Crippen molar-refractivity contribution >= 4 is 0 Å². The van der Waals surface area contributed by atoms with Crippen molar-refractivity contribution in [3.63, 3.8) is 0 Å². The number of aliphatic hydroxyl groups is 2. The average molecular weight is 365 g/mol. The minimum absolute atomic E-state index is 0.000589. The maximum absolute atomic E-state index is 10.4. The van der Waals surface area contributed by atoms with Crippen LogP contribution in [0, 0.1) is 11.8 Å². The molecule has 1 aliphatic carbocycles. The molecule has 0 radical (unpaired) electrons. The van der Waals surface area contributed by atoms with Gasteiger partial charge in [-0.15, -0.1) is 0 Å². The van der Waals surface area contributed by atoms with Gasteiger partial charge in [0.15, 0.2) is 0 Å². The molecule has 1 saturated carbocycles. The van der Waals surface area contributed by atoms with Crippen molar-refractivity contribution in [2.24, 2.45) is 11.8 Å². The predicted octanol–water partition coefficient (Wildman–Crippen LogP) is 0.335. The molecule has 3 rings (SSSR count). The highest BCUT2D eigenvalue weighted by Gasteiger charge is 2.42. The highest BCUT2D eigenvalue weighted by Crippen LogP contribution is 2.35. The van der Waals surface area contributed by atoms with Crippen LogP contribution in [0.4, 0.5) is 0 Å². The Balaban J connectivity index is 1.68. The lowest BCUT2D eigenvalue weighted by molar-refractivity contribution is 0.0678. The van der Waals surface area contributed by atoms with E-state index in [0.717, 1.165) is 44.0 Å². The van der Waals surface area contributed by atoms with Crippen molar-refractivity contribution in [2.45, 2.75) is 50.3 Å². The zero-order chi connectivity index (χ0) is 18.4. The third kappa shape index (κ3) is 4.98. The van der Waals surface area contributed by atoms with Crippen molar-refractivity contribution in [1.29, 1.82) is 0 Å². The standard InChI is InChI=1S/C19H31N3O4/c1-25-7-5-19-20-6-2-14(22-19)10-15-16(12-23)18(24)11-17(15)21-13-3-8-26-9-4-13/h2,6,13,15-18,21,23-24H,3-5,7-12H2,1H3/t15-,16-,17-,18-/m1/s1. The second-order valence-electron chi connectivity index (χ2n) is 7.38. The normalized spacial score (nSPS) is 30.0. The van der Waals surface area contributed by atoms with Crippen molar-refractivity contribution < 1.29 is 19.7 Å². The topological polar surface area (TPSA) is 96.7 Å². The number of nitrogens with zero attached hydrogens (tertiary/aromatic N) is 2. The molecule has 0 bridgehead atoms. The first-order valence-corrected chi connectivity index (χ1v) is 9.63. The molecule has 0 amide bonds. The highest BCUT2D eigenvalue weighted by molar-refractivity contribution is 5.08. The van der Waals surface area contributed by atoms with E-state index in [9.17, 15) is 10.2 Å². The van der Waals surface area contributed by atoms with Gasteiger partial charge in [-0.05, 0) is 37.7 Å². The molecule has 26 heavy (non-hydrogen) atoms. The van der Waals surface area contributed by atoms with E-state index in [1.54, 1.807) is 13.3 Å². The van der Waals surface area contributed by atoms with Crippen LogP contribution in [0.5, 0.6) is 0 Å². The summed E-state index contributed by atoms with van der Waals surface area (Å²) in [4.78, 5) is 8.95. The molecule has 0 spiro atoms. The van der Waals surface area contributed by atoms with Crippen LogP contribution in [-0.2, 0) is 22.3 Å². The van der Waals surface area contributed by atoms with Crippen LogP contribution in [0.3, 0.4) is 0 Å². The lowest BCUT2D eigenvalue weighted by atomic mass is 9.88. The SMILES string of the molecule is COCCc1nccc(C[C@@H]2[C@@H](CO)[C@H](O)C[C@H]2NC2CCOCC2)n1. The number of aromatic nitrogens is 2. The molecule has 0 aromatic carbocycles. The summed E-state index contributed by atoms with van der Waals surface area (Å²) >= 11 is 0. The van der Waals surface area contributed by atoms with Gasteiger partial charge in [0, 0.05) is 63.2 Å². The number of methoxy groups -OCH3 is 1. The van der Waals surface area contributed by atoms with Gasteiger partial charge in [-0.25, -0.2) is 9.97 Å². The molecule has 2 aliphatic rings. The second-order valence-corrected chi connectivity index (χ2v) is 7.38. The Labute approximate surface area is 155 Å². The molecule has 1 saturated heterocycles. The van der Waals surface area contributed by atoms with Crippen LogP contribution in [0.2, 0.25) is 0 Å². The molecule has 1 aliphatic heterocycles. The Morgan fingerprint density at radius 1 is 1.31 bits per heavy atom. The fraction of sp³-hybridized carbons (Fsp3) is 0.789. The Morgan fingerprint density at radius 3 is 2.85 bits per heavy atom. The second kappa shape index (κ2) is 9.71. The van der Waals surface area contributed by atoms with Gasteiger partial charge in [0.2, 0.25) is 0 Å². The molecule has 2 heterocycles. The van der Waals surface area contributed by atoms with Gasteiger partial charge in [0.05, 0.1) is 12.7 Å². The predicted molar refractivity (Wildman–Crippen MR) is 96.8 cm³/mol. The van der Waals surface area contributed by atoms with Crippen LogP contribution >= 0.6 is 0 Å². The first kappa shape index (κ1) is 19.6. The zero-order valence-corrected chi connectivity index (χ0v) is 15.5. The number of rotatable bonds is 8. The van der Waals surface area contributed by atoms with Gasteiger partial charge in [-0.1, -0.05) is 0 Å². The molecule has 4 atom stereocenters. The van der Waals surface area contributed by atoms with E-state index in [4.69, 9.17) is 9.47 Å². The molecule has 1 aromatic heterocycles. The summed E-state index contributed by atoms with van der Waals surface area (Å²) in [6.45, 7) is 2.17. The summed E-state index contributed by atoms with van der Waals surface area (Å²) in [5.41, 5.74) is 0.961. The fourth-order valence-corrected chi connectivity index (χ4v) is 4.21. The summed E-state index contributed by atoms with van der Waals surface area (Å²) in [5.74, 6) is 0.810. The fourth-order valence-electron chi connectivity index (χ4n) is 4.21. The van der Waals surface area contributed by atoms with Gasteiger partial charge in [0.1, 0.15) is 5.82 Å². The van der Waals surface area contributed by atoms with Gasteiger partial charge in [-0.3, -0.25) is 0 Å². The number of ether oxygens (including phenoxy) is 2. The van der Waals surface area contributed by atoms with E-state index in [2.05, 4.69) is 15.3 Å². The van der Waals surface area contributed by atoms with Crippen LogP contribution in [-0.4, -0.2) is 71.9 Å². The molecule has 7 nitrogen and oxygen atoms in total. The maximum atomic E-state index is 10.4. The van der Waals surface area contributed by atoms with Gasteiger partial charge < -0.3 is 25.0 Å². The summed E-state index contributed by atoms with van der Waals surface area (Å²) < 4.78 is 10.5. The molecular formula is C19H31N3O4. The third-order valence-corrected chi connectivity index (χ3v) is 5.68.